The lowest BCUT2D eigenvalue weighted by Crippen LogP contribution is -2.10. The summed E-state index contributed by atoms with van der Waals surface area (Å²) in [4.78, 5) is 23.0. The van der Waals surface area contributed by atoms with Gasteiger partial charge in [0.1, 0.15) is 0 Å². The predicted octanol–water partition coefficient (Wildman–Crippen LogP) is 0.477. The molecule has 6 heteroatoms. The Morgan fingerprint density at radius 2 is 1.57 bits per heavy atom. The molecule has 2 aromatic carbocycles. The van der Waals surface area contributed by atoms with Crippen LogP contribution in [0.1, 0.15) is 21.5 Å². The molecule has 2 aromatic rings. The van der Waals surface area contributed by atoms with E-state index in [-0.39, 0.29) is 28.8 Å². The first-order valence-corrected chi connectivity index (χ1v) is 5.78. The summed E-state index contributed by atoms with van der Waals surface area (Å²) in [5.41, 5.74) is 7.44. The van der Waals surface area contributed by atoms with Crippen LogP contribution in [0.15, 0.2) is 48.5 Å². The Kier molecular flexibility index (Phi) is 6.78. The van der Waals surface area contributed by atoms with Gasteiger partial charge in [-0.2, -0.15) is 0 Å². The maximum Gasteiger partial charge on any atom is 0.307 e. The fourth-order valence-corrected chi connectivity index (χ4v) is 1.87. The lowest BCUT2D eigenvalue weighted by Gasteiger charge is -2.09. The van der Waals surface area contributed by atoms with E-state index in [1.54, 1.807) is 42.5 Å². The number of carbonyl (C=O) groups is 2. The van der Waals surface area contributed by atoms with Crippen molar-refractivity contribution in [1.82, 2.24) is 0 Å². The van der Waals surface area contributed by atoms with Gasteiger partial charge in [-0.3, -0.25) is 9.59 Å². The van der Waals surface area contributed by atoms with Gasteiger partial charge in [-0.25, -0.2) is 0 Å². The number of carbonyl (C=O) groups excluding carboxylic acids is 1. The van der Waals surface area contributed by atoms with E-state index >= 15 is 0 Å². The van der Waals surface area contributed by atoms with E-state index in [4.69, 9.17) is 10.8 Å². The summed E-state index contributed by atoms with van der Waals surface area (Å²) in [6.45, 7) is 0. The fourth-order valence-electron chi connectivity index (χ4n) is 1.87. The third kappa shape index (κ3) is 4.13. The number of carboxylic acids is 1. The van der Waals surface area contributed by atoms with Crippen molar-refractivity contribution in [3.05, 3.63) is 65.2 Å². The van der Waals surface area contributed by atoms with Crippen LogP contribution in [0, 0.1) is 0 Å². The zero-order valence-corrected chi connectivity index (χ0v) is 11.2. The van der Waals surface area contributed by atoms with Crippen LogP contribution >= 0.6 is 0 Å². The third-order valence-electron chi connectivity index (χ3n) is 2.82. The number of para-hydroxylation sites is 1. The summed E-state index contributed by atoms with van der Waals surface area (Å²) in [6, 6.07) is 13.6. The summed E-state index contributed by atoms with van der Waals surface area (Å²) in [7, 11) is 0. The van der Waals surface area contributed by atoms with Crippen molar-refractivity contribution >= 4 is 17.4 Å². The molecule has 0 aliphatic heterocycles. The van der Waals surface area contributed by atoms with Crippen molar-refractivity contribution < 1.29 is 25.6 Å². The number of hydrogen-bond donors (Lipinski definition) is 2. The van der Waals surface area contributed by atoms with Crippen LogP contribution in [0.5, 0.6) is 0 Å². The molecule has 0 radical (unpaired) electrons. The molecule has 0 heterocycles. The Morgan fingerprint density at radius 1 is 0.952 bits per heavy atom. The fraction of sp³-hybridized carbons (Fsp3) is 0.0667. The largest absolute Gasteiger partial charge is 0.481 e. The summed E-state index contributed by atoms with van der Waals surface area (Å²) < 4.78 is 0. The van der Waals surface area contributed by atoms with Crippen LogP contribution in [-0.2, 0) is 11.2 Å². The van der Waals surface area contributed by atoms with Crippen molar-refractivity contribution in [2.24, 2.45) is 0 Å². The molecule has 0 aromatic heterocycles. The number of nitrogen functional groups attached to an aromatic ring is 1. The number of rotatable bonds is 4. The summed E-state index contributed by atoms with van der Waals surface area (Å²) in [5, 5.41) is 8.80. The minimum Gasteiger partial charge on any atom is -0.481 e. The molecule has 0 aliphatic rings. The number of hydrogen-bond acceptors (Lipinski definition) is 3. The molecule has 0 bridgehead atoms. The molecular weight excluding hydrogens is 274 g/mol. The summed E-state index contributed by atoms with van der Waals surface area (Å²) >= 11 is 0. The highest BCUT2D eigenvalue weighted by Gasteiger charge is 2.15. The number of nitrogens with two attached hydrogens (primary N) is 1. The van der Waals surface area contributed by atoms with Crippen LogP contribution in [0.3, 0.4) is 0 Å². The van der Waals surface area contributed by atoms with Gasteiger partial charge in [0.2, 0.25) is 0 Å². The molecule has 7 N–H and O–H groups in total. The van der Waals surface area contributed by atoms with E-state index in [2.05, 4.69) is 0 Å². The second-order valence-corrected chi connectivity index (χ2v) is 4.14. The number of anilines is 1. The average Bonchev–Trinajstić information content (AvgIpc) is 2.41. The molecule has 0 atom stereocenters. The Labute approximate surface area is 121 Å². The van der Waals surface area contributed by atoms with Gasteiger partial charge in [0.25, 0.3) is 0 Å². The van der Waals surface area contributed by atoms with E-state index in [1.807, 2.05) is 6.07 Å². The van der Waals surface area contributed by atoms with E-state index in [0.717, 1.165) is 0 Å². The lowest BCUT2D eigenvalue weighted by molar-refractivity contribution is -0.136. The average molecular weight is 291 g/mol. The summed E-state index contributed by atoms with van der Waals surface area (Å²) in [5.74, 6) is -1.18. The van der Waals surface area contributed by atoms with Crippen molar-refractivity contribution in [3.8, 4) is 0 Å². The zero-order chi connectivity index (χ0) is 13.8. The van der Waals surface area contributed by atoms with Gasteiger partial charge in [0, 0.05) is 16.8 Å². The predicted molar refractivity (Wildman–Crippen MR) is 79.3 cm³/mol. The van der Waals surface area contributed by atoms with Gasteiger partial charge in [0.05, 0.1) is 6.42 Å². The van der Waals surface area contributed by atoms with Gasteiger partial charge in [-0.05, 0) is 11.6 Å². The van der Waals surface area contributed by atoms with Crippen LogP contribution in [0.4, 0.5) is 5.69 Å². The third-order valence-corrected chi connectivity index (χ3v) is 2.82. The van der Waals surface area contributed by atoms with Crippen molar-refractivity contribution in [1.29, 1.82) is 0 Å². The minimum atomic E-state index is -0.976. The topological polar surface area (TPSA) is 143 Å². The van der Waals surface area contributed by atoms with Gasteiger partial charge >= 0.3 is 5.97 Å². The highest BCUT2D eigenvalue weighted by molar-refractivity contribution is 6.12. The van der Waals surface area contributed by atoms with Crippen LogP contribution in [0.2, 0.25) is 0 Å². The first-order chi connectivity index (χ1) is 9.09. The van der Waals surface area contributed by atoms with Crippen molar-refractivity contribution in [3.63, 3.8) is 0 Å². The first-order valence-electron chi connectivity index (χ1n) is 5.78. The lowest BCUT2D eigenvalue weighted by atomic mass is 9.98. The maximum absolute atomic E-state index is 12.3. The second kappa shape index (κ2) is 7.78. The second-order valence-electron chi connectivity index (χ2n) is 4.14. The molecule has 0 spiro atoms. The van der Waals surface area contributed by atoms with Crippen LogP contribution in [0.25, 0.3) is 0 Å². The standard InChI is InChI=1S/C15H13NO3.2H2O/c16-14-11(9-13(17)18)7-4-8-12(14)15(19)10-5-2-1-3-6-10;;/h1-8H,9,16H2,(H,17,18);2*1H2. The van der Waals surface area contributed by atoms with Gasteiger partial charge in [-0.1, -0.05) is 42.5 Å². The Balaban J connectivity index is 0.00000200. The SMILES string of the molecule is Nc1c(CC(=O)O)cccc1C(=O)c1ccccc1.O.O. The molecule has 112 valence electrons. The summed E-state index contributed by atoms with van der Waals surface area (Å²) in [6.07, 6.45) is -0.193. The number of benzene rings is 2. The number of ketones is 1. The zero-order valence-electron chi connectivity index (χ0n) is 11.2. The Morgan fingerprint density at radius 3 is 2.14 bits per heavy atom. The van der Waals surface area contributed by atoms with E-state index in [9.17, 15) is 9.59 Å². The molecule has 0 saturated heterocycles. The molecule has 2 rings (SSSR count). The van der Waals surface area contributed by atoms with Crippen molar-refractivity contribution in [2.75, 3.05) is 5.73 Å². The molecule has 0 amide bonds. The molecule has 6 nitrogen and oxygen atoms in total. The number of aliphatic carboxylic acids is 1. The first kappa shape index (κ1) is 18.3. The highest BCUT2D eigenvalue weighted by atomic mass is 16.4. The smallest absolute Gasteiger partial charge is 0.307 e. The van der Waals surface area contributed by atoms with Gasteiger partial charge < -0.3 is 21.8 Å². The van der Waals surface area contributed by atoms with Crippen LogP contribution in [-0.4, -0.2) is 27.8 Å². The monoisotopic (exact) mass is 291 g/mol. The molecule has 0 fully saturated rings. The highest BCUT2D eigenvalue weighted by Crippen LogP contribution is 2.21. The van der Waals surface area contributed by atoms with Crippen molar-refractivity contribution in [2.45, 2.75) is 6.42 Å². The molecule has 0 aliphatic carbocycles. The molecule has 0 saturated carbocycles. The molecular formula is C15H17NO5. The van der Waals surface area contributed by atoms with Gasteiger partial charge in [0.15, 0.2) is 5.78 Å². The number of carboxylic acid groups (broad SMARTS) is 1. The quantitative estimate of drug-likeness (QED) is 0.623. The Hall–Kier alpha value is -2.70. The Bertz CT molecular complexity index is 625. The molecule has 0 unspecified atom stereocenters. The minimum absolute atomic E-state index is 0. The van der Waals surface area contributed by atoms with Crippen LogP contribution < -0.4 is 5.73 Å². The van der Waals surface area contributed by atoms with E-state index in [1.165, 1.54) is 0 Å². The van der Waals surface area contributed by atoms with E-state index in [0.29, 0.717) is 16.7 Å². The maximum atomic E-state index is 12.3. The van der Waals surface area contributed by atoms with E-state index < -0.39 is 5.97 Å². The van der Waals surface area contributed by atoms with Gasteiger partial charge in [-0.15, -0.1) is 0 Å². The molecule has 21 heavy (non-hydrogen) atoms. The normalized spacial score (nSPS) is 9.14.